The van der Waals surface area contributed by atoms with Gasteiger partial charge in [-0.15, -0.1) is 16.4 Å². The van der Waals surface area contributed by atoms with Gasteiger partial charge >= 0.3 is 6.18 Å². The van der Waals surface area contributed by atoms with Gasteiger partial charge in [0.05, 0.1) is 31.9 Å². The lowest BCUT2D eigenvalue weighted by molar-refractivity contribution is -0.137. The molecule has 18 heteroatoms. The van der Waals surface area contributed by atoms with Crippen LogP contribution in [0.25, 0.3) is 16.5 Å². The maximum absolute atomic E-state index is 14.5. The minimum Gasteiger partial charge on any atom is -0.504 e. The molecule has 1 spiro atoms. The molecule has 2 N–H and O–H groups in total. The van der Waals surface area contributed by atoms with Gasteiger partial charge in [-0.25, -0.2) is 15.0 Å². The van der Waals surface area contributed by atoms with E-state index in [0.717, 1.165) is 36.0 Å². The van der Waals surface area contributed by atoms with Gasteiger partial charge in [0, 0.05) is 41.9 Å². The number of amides is 2. The van der Waals surface area contributed by atoms with Crippen LogP contribution in [0, 0.1) is 6.92 Å². The highest BCUT2D eigenvalue weighted by Gasteiger charge is 2.49. The summed E-state index contributed by atoms with van der Waals surface area (Å²) in [5, 5.41) is 18.4. The summed E-state index contributed by atoms with van der Waals surface area (Å²) < 4.78 is 42.6. The number of carbonyl (C=O) groups is 2. The van der Waals surface area contributed by atoms with Crippen LogP contribution < -0.4 is 10.9 Å². The lowest BCUT2D eigenvalue weighted by atomic mass is 9.73. The van der Waals surface area contributed by atoms with Crippen molar-refractivity contribution in [3.8, 4) is 16.5 Å². The largest absolute Gasteiger partial charge is 0.504 e. The second kappa shape index (κ2) is 12.4. The van der Waals surface area contributed by atoms with E-state index in [9.17, 15) is 32.7 Å². The van der Waals surface area contributed by atoms with Crippen molar-refractivity contribution >= 4 is 46.2 Å². The fraction of sp³-hybridized carbons (Fsp3) is 0.412. The molecule has 2 amide bonds. The van der Waals surface area contributed by atoms with Crippen molar-refractivity contribution in [1.82, 2.24) is 39.0 Å². The van der Waals surface area contributed by atoms with E-state index >= 15 is 0 Å². The third-order valence-corrected chi connectivity index (χ3v) is 11.7. The molecule has 13 nitrogen and oxygen atoms in total. The average molecular weight is 754 g/mol. The van der Waals surface area contributed by atoms with E-state index < -0.39 is 29.0 Å². The quantitative estimate of drug-likeness (QED) is 0.222. The van der Waals surface area contributed by atoms with Crippen molar-refractivity contribution in [1.29, 1.82) is 0 Å². The van der Waals surface area contributed by atoms with E-state index in [0.29, 0.717) is 41.3 Å². The number of fused-ring (bicyclic) bond motifs is 3. The average Bonchev–Trinajstić information content (AvgIpc) is 3.53. The molecule has 1 aliphatic heterocycles. The van der Waals surface area contributed by atoms with Crippen molar-refractivity contribution in [2.75, 3.05) is 18.4 Å². The van der Waals surface area contributed by atoms with Gasteiger partial charge in [0.1, 0.15) is 12.9 Å². The fourth-order valence-electron chi connectivity index (χ4n) is 7.53. The number of aryl methyl sites for hydroxylation is 1. The fourth-order valence-corrected chi connectivity index (χ4v) is 8.77. The second-order valence-corrected chi connectivity index (χ2v) is 15.2. The van der Waals surface area contributed by atoms with Gasteiger partial charge in [-0.05, 0) is 63.1 Å². The number of thiazole rings is 1. The summed E-state index contributed by atoms with van der Waals surface area (Å²) in [6, 6.07) is 2.68. The number of likely N-dealkylation sites (tertiary alicyclic amines) is 1. The number of hydrogen-bond acceptors (Lipinski definition) is 10. The Balaban J connectivity index is 1.17. The van der Waals surface area contributed by atoms with Crippen molar-refractivity contribution in [2.45, 2.75) is 75.9 Å². The van der Waals surface area contributed by atoms with Gasteiger partial charge in [-0.3, -0.25) is 14.4 Å². The van der Waals surface area contributed by atoms with E-state index in [4.69, 9.17) is 16.6 Å². The predicted molar refractivity (Wildman–Crippen MR) is 184 cm³/mol. The maximum atomic E-state index is 14.5. The number of aromatic hydroxyl groups is 1. The van der Waals surface area contributed by atoms with E-state index in [1.165, 1.54) is 22.2 Å². The number of hydrogen-bond donors (Lipinski definition) is 2. The highest BCUT2D eigenvalue weighted by molar-refractivity contribution is 7.15. The molecular formula is C34H31ClF3N9O4S. The summed E-state index contributed by atoms with van der Waals surface area (Å²) in [6.45, 7) is 3.77. The molecule has 2 aliphatic carbocycles. The molecule has 5 heterocycles. The van der Waals surface area contributed by atoms with Crippen LogP contribution in [0.5, 0.6) is 5.75 Å². The summed E-state index contributed by atoms with van der Waals surface area (Å²) in [5.74, 6) is -0.696. The van der Waals surface area contributed by atoms with E-state index in [1.54, 1.807) is 22.6 Å². The van der Waals surface area contributed by atoms with E-state index in [1.807, 2.05) is 6.92 Å². The number of piperidine rings is 1. The number of alkyl halides is 3. The molecule has 1 unspecified atom stereocenters. The summed E-state index contributed by atoms with van der Waals surface area (Å²) in [7, 11) is 0. The molecule has 8 rings (SSSR count). The molecule has 3 aliphatic rings. The SMILES string of the molecule is Cc1ncnc(C(=O)N2CCC3(CC2)CC(C)c2c3c(=O)n3nc(-c4cnc(C5CC5)s4)nc3n2CC(=O)Nc2ccc(C(F)(F)F)cc2Cl)c1O. The van der Waals surface area contributed by atoms with Gasteiger partial charge in [0.2, 0.25) is 11.7 Å². The molecule has 4 aromatic heterocycles. The molecule has 5 aromatic rings. The maximum Gasteiger partial charge on any atom is 0.416 e. The van der Waals surface area contributed by atoms with Crippen LogP contribution in [0.3, 0.4) is 0 Å². The smallest absolute Gasteiger partial charge is 0.416 e. The normalized spacial score (nSPS) is 18.3. The Bertz CT molecular complexity index is 2340. The Hall–Kier alpha value is -4.90. The van der Waals surface area contributed by atoms with Crippen molar-refractivity contribution < 1.29 is 27.9 Å². The topological polar surface area (TPSA) is 160 Å². The Morgan fingerprint density at radius 2 is 1.90 bits per heavy atom. The predicted octanol–water partition coefficient (Wildman–Crippen LogP) is 5.69. The Morgan fingerprint density at radius 1 is 1.15 bits per heavy atom. The van der Waals surface area contributed by atoms with Gasteiger partial charge in [-0.2, -0.15) is 22.7 Å². The zero-order valence-corrected chi connectivity index (χ0v) is 29.4. The van der Waals surface area contributed by atoms with Gasteiger partial charge in [-0.1, -0.05) is 18.5 Å². The van der Waals surface area contributed by atoms with Crippen LogP contribution in [0.4, 0.5) is 18.9 Å². The van der Waals surface area contributed by atoms with Crippen LogP contribution in [0.15, 0.2) is 35.5 Å². The first-order valence-corrected chi connectivity index (χ1v) is 17.9. The van der Waals surface area contributed by atoms with Gasteiger partial charge in [0.15, 0.2) is 17.3 Å². The first-order valence-electron chi connectivity index (χ1n) is 16.7. The number of benzene rings is 1. The summed E-state index contributed by atoms with van der Waals surface area (Å²) in [6.07, 6.45) is 1.83. The first kappa shape index (κ1) is 34.2. The van der Waals surface area contributed by atoms with Crippen LogP contribution in [0.2, 0.25) is 5.02 Å². The molecule has 52 heavy (non-hydrogen) atoms. The first-order chi connectivity index (χ1) is 24.7. The molecule has 270 valence electrons. The lowest BCUT2D eigenvalue weighted by Crippen LogP contribution is -2.46. The number of rotatable bonds is 6. The monoisotopic (exact) mass is 753 g/mol. The zero-order valence-electron chi connectivity index (χ0n) is 27.9. The molecule has 2 fully saturated rings. The lowest BCUT2D eigenvalue weighted by Gasteiger charge is -2.39. The molecule has 0 bridgehead atoms. The number of halogens is 4. The highest BCUT2D eigenvalue weighted by atomic mass is 35.5. The minimum absolute atomic E-state index is 0.000672. The van der Waals surface area contributed by atoms with Crippen LogP contribution >= 0.6 is 22.9 Å². The summed E-state index contributed by atoms with van der Waals surface area (Å²) in [4.78, 5) is 61.1. The highest BCUT2D eigenvalue weighted by Crippen LogP contribution is 2.51. The molecule has 1 aromatic carbocycles. The molecule has 1 saturated carbocycles. The van der Waals surface area contributed by atoms with Crippen molar-refractivity contribution in [3.63, 3.8) is 0 Å². The van der Waals surface area contributed by atoms with Crippen LogP contribution in [-0.2, 0) is 22.9 Å². The van der Waals surface area contributed by atoms with Crippen LogP contribution in [0.1, 0.15) is 88.9 Å². The van der Waals surface area contributed by atoms with E-state index in [2.05, 4.69) is 25.4 Å². The minimum atomic E-state index is -4.61. The Labute approximate surface area is 302 Å². The van der Waals surface area contributed by atoms with Crippen molar-refractivity contribution in [2.24, 2.45) is 0 Å². The summed E-state index contributed by atoms with van der Waals surface area (Å²) >= 11 is 7.62. The molecule has 1 saturated heterocycles. The molecule has 1 atom stereocenters. The number of carbonyl (C=O) groups excluding carboxylic acids is 2. The molecular weight excluding hydrogens is 723 g/mol. The number of nitrogens with zero attached hydrogens (tertiary/aromatic N) is 8. The number of aromatic nitrogens is 7. The summed E-state index contributed by atoms with van der Waals surface area (Å²) in [5.41, 5.74) is -0.688. The third-order valence-electron chi connectivity index (χ3n) is 10.2. The third kappa shape index (κ3) is 5.79. The molecule has 0 radical (unpaired) electrons. The zero-order chi connectivity index (χ0) is 36.7. The standard InChI is InChI=1S/C34H31ClF3N9O4S/c1-16-12-33(7-9-45(10-8-33)31(51)25-27(49)17(2)40-15-41-25)24-26(16)46(14-23(48)42-21-6-5-19(11-20(21)35)34(36,37)38)32-43-28(44-47(32)30(24)50)22-13-39-29(52-22)18-3-4-18/h5-6,11,13,15-16,18,49H,3-4,7-10,12,14H2,1-2H3,(H,42,48). The number of anilines is 1. The van der Waals surface area contributed by atoms with Crippen molar-refractivity contribution in [3.05, 3.63) is 79.3 Å². The number of nitrogens with one attached hydrogen (secondary N) is 1. The van der Waals surface area contributed by atoms with Gasteiger partial charge in [0.25, 0.3) is 11.5 Å². The van der Waals surface area contributed by atoms with Crippen LogP contribution in [-0.4, -0.2) is 69.0 Å². The van der Waals surface area contributed by atoms with Gasteiger partial charge < -0.3 is 19.9 Å². The Morgan fingerprint density at radius 3 is 2.60 bits per heavy atom. The van der Waals surface area contributed by atoms with E-state index in [-0.39, 0.29) is 70.6 Å². The Kier molecular flexibility index (Phi) is 8.13. The second-order valence-electron chi connectivity index (χ2n) is 13.7.